The molecule has 3 rings (SSSR count). The molecule has 0 saturated heterocycles. The minimum Gasteiger partial charge on any atom is -0.490 e. The molecule has 19 heavy (non-hydrogen) atoms. The molecule has 0 aromatic heterocycles. The van der Waals surface area contributed by atoms with Crippen LogP contribution in [0, 0.1) is 5.92 Å². The number of aliphatic hydroxyl groups excluding tert-OH is 1. The van der Waals surface area contributed by atoms with Crippen LogP contribution >= 0.6 is 0 Å². The van der Waals surface area contributed by atoms with Gasteiger partial charge in [0.2, 0.25) is 0 Å². The normalized spacial score (nSPS) is 30.7. The van der Waals surface area contributed by atoms with Crippen molar-refractivity contribution in [1.82, 2.24) is 0 Å². The number of hydrogen-bond acceptors (Lipinski definition) is 2. The molecule has 0 amide bonds. The Morgan fingerprint density at radius 2 is 1.89 bits per heavy atom. The lowest BCUT2D eigenvalue weighted by atomic mass is 9.88. The van der Waals surface area contributed by atoms with E-state index in [1.807, 2.05) is 0 Å². The second kappa shape index (κ2) is 5.54. The number of aliphatic hydroxyl groups is 1. The fourth-order valence-electron chi connectivity index (χ4n) is 3.37. The van der Waals surface area contributed by atoms with E-state index >= 15 is 0 Å². The molecular weight excluding hydrogens is 236 g/mol. The highest BCUT2D eigenvalue weighted by atomic mass is 16.5. The second-order valence-corrected chi connectivity index (χ2v) is 6.27. The lowest BCUT2D eigenvalue weighted by Crippen LogP contribution is -2.23. The lowest BCUT2D eigenvalue weighted by Gasteiger charge is -2.28. The number of ether oxygens (including phenoxy) is 1. The molecule has 1 aromatic rings. The highest BCUT2D eigenvalue weighted by Gasteiger charge is 2.22. The average Bonchev–Trinajstić information content (AvgIpc) is 2.42. The maximum absolute atomic E-state index is 10.1. The van der Waals surface area contributed by atoms with Gasteiger partial charge in [-0.05, 0) is 74.1 Å². The minimum absolute atomic E-state index is 0.293. The Morgan fingerprint density at radius 3 is 2.68 bits per heavy atom. The highest BCUT2D eigenvalue weighted by molar-refractivity contribution is 5.38. The average molecular weight is 260 g/mol. The first-order valence-electron chi connectivity index (χ1n) is 7.70. The molecule has 1 aromatic carbocycles. The van der Waals surface area contributed by atoms with Gasteiger partial charge in [-0.1, -0.05) is 13.0 Å². The summed E-state index contributed by atoms with van der Waals surface area (Å²) in [6.07, 6.45) is 8.03. The molecule has 2 nitrogen and oxygen atoms in total. The number of fused-ring (bicyclic) bond motifs is 1. The van der Waals surface area contributed by atoms with Crippen LogP contribution in [0.4, 0.5) is 0 Å². The number of hydrogen-bond donors (Lipinski definition) is 1. The van der Waals surface area contributed by atoms with Gasteiger partial charge in [0.1, 0.15) is 5.75 Å². The van der Waals surface area contributed by atoms with Crippen LogP contribution in [0.1, 0.15) is 62.7 Å². The van der Waals surface area contributed by atoms with Gasteiger partial charge in [0.05, 0.1) is 12.2 Å². The number of benzene rings is 1. The van der Waals surface area contributed by atoms with Crippen molar-refractivity contribution in [3.05, 3.63) is 29.3 Å². The summed E-state index contributed by atoms with van der Waals surface area (Å²) in [7, 11) is 0. The first kappa shape index (κ1) is 13.0. The maximum atomic E-state index is 10.1. The van der Waals surface area contributed by atoms with E-state index in [1.54, 1.807) is 0 Å². The fraction of sp³-hybridized carbons (Fsp3) is 0.647. The van der Waals surface area contributed by atoms with Crippen LogP contribution in [0.15, 0.2) is 18.2 Å². The molecular formula is C17H24O2. The molecule has 0 aliphatic heterocycles. The summed E-state index contributed by atoms with van der Waals surface area (Å²) in [4.78, 5) is 0. The summed E-state index contributed by atoms with van der Waals surface area (Å²) in [5, 5.41) is 10.1. The topological polar surface area (TPSA) is 29.5 Å². The molecule has 1 fully saturated rings. The van der Waals surface area contributed by atoms with Crippen LogP contribution < -0.4 is 4.74 Å². The molecule has 1 N–H and O–H groups in total. The third kappa shape index (κ3) is 2.94. The largest absolute Gasteiger partial charge is 0.490 e. The van der Waals surface area contributed by atoms with Crippen LogP contribution in [-0.4, -0.2) is 11.2 Å². The van der Waals surface area contributed by atoms with Gasteiger partial charge in [-0.3, -0.25) is 0 Å². The van der Waals surface area contributed by atoms with E-state index in [1.165, 1.54) is 31.2 Å². The van der Waals surface area contributed by atoms with Crippen molar-refractivity contribution >= 4 is 0 Å². The quantitative estimate of drug-likeness (QED) is 0.870. The summed E-state index contributed by atoms with van der Waals surface area (Å²) in [6, 6.07) is 6.28. The van der Waals surface area contributed by atoms with Gasteiger partial charge < -0.3 is 9.84 Å². The van der Waals surface area contributed by atoms with Crippen molar-refractivity contribution in [3.8, 4) is 5.75 Å². The molecule has 104 valence electrons. The molecule has 0 unspecified atom stereocenters. The van der Waals surface area contributed by atoms with Crippen LogP contribution in [0.5, 0.6) is 5.75 Å². The zero-order chi connectivity index (χ0) is 13.2. The molecule has 2 heteroatoms. The van der Waals surface area contributed by atoms with Crippen molar-refractivity contribution in [3.63, 3.8) is 0 Å². The Labute approximate surface area is 115 Å². The van der Waals surface area contributed by atoms with Gasteiger partial charge in [-0.25, -0.2) is 0 Å². The maximum Gasteiger partial charge on any atom is 0.120 e. The summed E-state index contributed by atoms with van der Waals surface area (Å²) >= 11 is 0. The summed E-state index contributed by atoms with van der Waals surface area (Å²) in [5.74, 6) is 1.80. The molecule has 1 atom stereocenters. The van der Waals surface area contributed by atoms with Gasteiger partial charge in [0, 0.05) is 0 Å². The molecule has 0 spiro atoms. The van der Waals surface area contributed by atoms with E-state index in [4.69, 9.17) is 4.74 Å². The Balaban J connectivity index is 1.70. The zero-order valence-electron chi connectivity index (χ0n) is 11.8. The van der Waals surface area contributed by atoms with E-state index in [2.05, 4.69) is 25.1 Å². The first-order chi connectivity index (χ1) is 9.22. The lowest BCUT2D eigenvalue weighted by molar-refractivity contribution is 0.132. The van der Waals surface area contributed by atoms with Gasteiger partial charge in [-0.2, -0.15) is 0 Å². The van der Waals surface area contributed by atoms with E-state index in [0.717, 1.165) is 36.5 Å². The predicted molar refractivity (Wildman–Crippen MR) is 76.4 cm³/mol. The van der Waals surface area contributed by atoms with Crippen LogP contribution in [-0.2, 0) is 6.42 Å². The SMILES string of the molecule is CC1CCC(Oc2ccc3c(c2)[C@@H](O)CCC3)CC1. The zero-order valence-corrected chi connectivity index (χ0v) is 11.8. The Kier molecular flexibility index (Phi) is 3.79. The van der Waals surface area contributed by atoms with E-state index in [-0.39, 0.29) is 6.10 Å². The van der Waals surface area contributed by atoms with Gasteiger partial charge in [0.25, 0.3) is 0 Å². The Morgan fingerprint density at radius 1 is 1.11 bits per heavy atom. The third-order valence-corrected chi connectivity index (χ3v) is 4.67. The van der Waals surface area contributed by atoms with Gasteiger partial charge in [-0.15, -0.1) is 0 Å². The highest BCUT2D eigenvalue weighted by Crippen LogP contribution is 2.33. The third-order valence-electron chi connectivity index (χ3n) is 4.67. The van der Waals surface area contributed by atoms with Crippen molar-refractivity contribution in [2.75, 3.05) is 0 Å². The fourth-order valence-corrected chi connectivity index (χ4v) is 3.37. The number of aryl methyl sites for hydroxylation is 1. The minimum atomic E-state index is -0.293. The number of rotatable bonds is 2. The van der Waals surface area contributed by atoms with E-state index < -0.39 is 0 Å². The van der Waals surface area contributed by atoms with Crippen LogP contribution in [0.25, 0.3) is 0 Å². The van der Waals surface area contributed by atoms with Gasteiger partial charge >= 0.3 is 0 Å². The molecule has 0 heterocycles. The standard InChI is InChI=1S/C17H24O2/c1-12-5-8-14(9-6-12)19-15-10-7-13-3-2-4-17(18)16(13)11-15/h7,10-12,14,17-18H,2-6,8-9H2,1H3/t12?,14?,17-/m0/s1. The second-order valence-electron chi connectivity index (χ2n) is 6.27. The molecule has 0 radical (unpaired) electrons. The predicted octanol–water partition coefficient (Wildman–Crippen LogP) is 4.01. The first-order valence-corrected chi connectivity index (χ1v) is 7.70. The van der Waals surface area contributed by atoms with Gasteiger partial charge in [0.15, 0.2) is 0 Å². The van der Waals surface area contributed by atoms with Crippen molar-refractivity contribution in [2.24, 2.45) is 5.92 Å². The molecule has 1 saturated carbocycles. The molecule has 0 bridgehead atoms. The van der Waals surface area contributed by atoms with Crippen molar-refractivity contribution in [1.29, 1.82) is 0 Å². The molecule has 2 aliphatic rings. The smallest absolute Gasteiger partial charge is 0.120 e. The van der Waals surface area contributed by atoms with Crippen LogP contribution in [0.3, 0.4) is 0 Å². The van der Waals surface area contributed by atoms with E-state index in [9.17, 15) is 5.11 Å². The van der Waals surface area contributed by atoms with Crippen molar-refractivity contribution < 1.29 is 9.84 Å². The Hall–Kier alpha value is -1.02. The molecule has 2 aliphatic carbocycles. The summed E-state index contributed by atoms with van der Waals surface area (Å²) in [5.41, 5.74) is 2.39. The summed E-state index contributed by atoms with van der Waals surface area (Å²) in [6.45, 7) is 2.32. The van der Waals surface area contributed by atoms with E-state index in [0.29, 0.717) is 6.10 Å². The monoisotopic (exact) mass is 260 g/mol. The van der Waals surface area contributed by atoms with Crippen molar-refractivity contribution in [2.45, 2.75) is 64.1 Å². The Bertz CT molecular complexity index is 433. The van der Waals surface area contributed by atoms with Crippen LogP contribution in [0.2, 0.25) is 0 Å². The summed E-state index contributed by atoms with van der Waals surface area (Å²) < 4.78 is 6.11.